The van der Waals surface area contributed by atoms with E-state index in [1.54, 1.807) is 29.2 Å². The molecule has 2 aliphatic heterocycles. The summed E-state index contributed by atoms with van der Waals surface area (Å²) in [5.41, 5.74) is 0.877. The zero-order chi connectivity index (χ0) is 22.7. The lowest BCUT2D eigenvalue weighted by atomic mass is 9.98. The molecule has 0 aliphatic carbocycles. The summed E-state index contributed by atoms with van der Waals surface area (Å²) in [6.45, 7) is 1.75. The van der Waals surface area contributed by atoms with Gasteiger partial charge in [-0.1, -0.05) is 12.1 Å². The maximum absolute atomic E-state index is 13.2. The molecule has 0 radical (unpaired) electrons. The summed E-state index contributed by atoms with van der Waals surface area (Å²) in [6.07, 6.45) is 3.03. The van der Waals surface area contributed by atoms with Gasteiger partial charge in [0.2, 0.25) is 15.9 Å². The highest BCUT2D eigenvalue weighted by molar-refractivity contribution is 7.89. The number of hydrogen-bond donors (Lipinski definition) is 1. The van der Waals surface area contributed by atoms with Gasteiger partial charge in [0.15, 0.2) is 0 Å². The number of amides is 2. The van der Waals surface area contributed by atoms with Gasteiger partial charge in [-0.2, -0.15) is 4.31 Å². The molecule has 2 aliphatic rings. The Kier molecular flexibility index (Phi) is 6.57. The number of para-hydroxylation sites is 1. The molecule has 2 fully saturated rings. The molecule has 2 heterocycles. The van der Waals surface area contributed by atoms with Gasteiger partial charge in [0.05, 0.1) is 22.1 Å². The van der Waals surface area contributed by atoms with Gasteiger partial charge in [-0.25, -0.2) is 12.8 Å². The van der Waals surface area contributed by atoms with Gasteiger partial charge in [0.25, 0.3) is 5.91 Å². The van der Waals surface area contributed by atoms with E-state index < -0.39 is 21.8 Å². The Morgan fingerprint density at radius 1 is 0.938 bits per heavy atom. The van der Waals surface area contributed by atoms with Crippen LogP contribution >= 0.6 is 0 Å². The first-order valence-electron chi connectivity index (χ1n) is 10.8. The molecule has 0 aromatic heterocycles. The molecular formula is C23H26FN3O4S. The molecule has 2 amide bonds. The number of anilines is 1. The third-order valence-electron chi connectivity index (χ3n) is 6.01. The zero-order valence-electron chi connectivity index (χ0n) is 17.7. The highest BCUT2D eigenvalue weighted by atomic mass is 32.2. The molecule has 2 aromatic carbocycles. The smallest absolute Gasteiger partial charge is 0.255 e. The van der Waals surface area contributed by atoms with E-state index in [9.17, 15) is 22.4 Å². The zero-order valence-corrected chi connectivity index (χ0v) is 18.5. The lowest BCUT2D eigenvalue weighted by Crippen LogP contribution is -2.43. The minimum absolute atomic E-state index is 0.00140. The SMILES string of the molecule is O=C(Nc1ccccc1C(=O)N1CCCC1)[C@@H]1CCCN(S(=O)(=O)c2ccc(F)cc2)C1. The number of benzene rings is 2. The van der Waals surface area contributed by atoms with E-state index >= 15 is 0 Å². The Morgan fingerprint density at radius 3 is 2.34 bits per heavy atom. The fraction of sp³-hybridized carbons (Fsp3) is 0.391. The number of sulfonamides is 1. The van der Waals surface area contributed by atoms with Crippen molar-refractivity contribution in [3.05, 3.63) is 59.9 Å². The summed E-state index contributed by atoms with van der Waals surface area (Å²) in [7, 11) is -3.82. The molecule has 0 spiro atoms. The van der Waals surface area contributed by atoms with E-state index in [-0.39, 0.29) is 23.3 Å². The maximum atomic E-state index is 13.2. The first kappa shape index (κ1) is 22.4. The minimum Gasteiger partial charge on any atom is -0.339 e. The number of nitrogens with zero attached hydrogens (tertiary/aromatic N) is 2. The molecule has 4 rings (SSSR count). The fourth-order valence-corrected chi connectivity index (χ4v) is 5.76. The molecule has 9 heteroatoms. The largest absolute Gasteiger partial charge is 0.339 e. The Morgan fingerprint density at radius 2 is 1.62 bits per heavy atom. The van der Waals surface area contributed by atoms with E-state index in [2.05, 4.69) is 5.32 Å². The van der Waals surface area contributed by atoms with Crippen LogP contribution in [0.1, 0.15) is 36.0 Å². The van der Waals surface area contributed by atoms with Crippen molar-refractivity contribution in [3.63, 3.8) is 0 Å². The predicted molar refractivity (Wildman–Crippen MR) is 118 cm³/mol. The van der Waals surface area contributed by atoms with Crippen LogP contribution in [-0.2, 0) is 14.8 Å². The molecule has 170 valence electrons. The first-order valence-corrected chi connectivity index (χ1v) is 12.2. The first-order chi connectivity index (χ1) is 15.4. The average Bonchev–Trinajstić information content (AvgIpc) is 3.34. The van der Waals surface area contributed by atoms with E-state index in [1.165, 1.54) is 16.4 Å². The van der Waals surface area contributed by atoms with E-state index in [0.29, 0.717) is 43.7 Å². The highest BCUT2D eigenvalue weighted by Gasteiger charge is 2.34. The normalized spacial score (nSPS) is 19.7. The molecule has 1 atom stereocenters. The molecule has 7 nitrogen and oxygen atoms in total. The van der Waals surface area contributed by atoms with Gasteiger partial charge in [-0.15, -0.1) is 0 Å². The van der Waals surface area contributed by atoms with Crippen LogP contribution in [0.5, 0.6) is 0 Å². The summed E-state index contributed by atoms with van der Waals surface area (Å²) in [5, 5.41) is 2.85. The van der Waals surface area contributed by atoms with Crippen LogP contribution in [-0.4, -0.2) is 55.6 Å². The second-order valence-electron chi connectivity index (χ2n) is 8.19. The van der Waals surface area contributed by atoms with Crippen LogP contribution in [0.3, 0.4) is 0 Å². The summed E-state index contributed by atoms with van der Waals surface area (Å²) in [6, 6.07) is 11.6. The molecule has 1 N–H and O–H groups in total. The van der Waals surface area contributed by atoms with Crippen LogP contribution in [0.4, 0.5) is 10.1 Å². The van der Waals surface area contributed by atoms with Crippen LogP contribution in [0.25, 0.3) is 0 Å². The number of likely N-dealkylation sites (tertiary alicyclic amines) is 1. The van der Waals surface area contributed by atoms with Crippen molar-refractivity contribution < 1.29 is 22.4 Å². The molecule has 0 unspecified atom stereocenters. The Bertz CT molecular complexity index is 1100. The van der Waals surface area contributed by atoms with Crippen molar-refractivity contribution in [2.75, 3.05) is 31.5 Å². The number of nitrogens with one attached hydrogen (secondary N) is 1. The summed E-state index contributed by atoms with van der Waals surface area (Å²) < 4.78 is 40.3. The molecule has 0 bridgehead atoms. The van der Waals surface area contributed by atoms with Crippen molar-refractivity contribution in [1.29, 1.82) is 0 Å². The molecule has 2 aromatic rings. The molecule has 2 saturated heterocycles. The fourth-order valence-electron chi connectivity index (χ4n) is 4.23. The Balaban J connectivity index is 1.47. The summed E-state index contributed by atoms with van der Waals surface area (Å²) >= 11 is 0. The van der Waals surface area contributed by atoms with Crippen LogP contribution in [0.2, 0.25) is 0 Å². The van der Waals surface area contributed by atoms with Gasteiger partial charge in [-0.05, 0) is 62.1 Å². The average molecular weight is 460 g/mol. The number of halogens is 1. The van der Waals surface area contributed by atoms with Crippen molar-refractivity contribution in [2.24, 2.45) is 5.92 Å². The van der Waals surface area contributed by atoms with Crippen molar-refractivity contribution in [3.8, 4) is 0 Å². The van der Waals surface area contributed by atoms with Crippen LogP contribution in [0.15, 0.2) is 53.4 Å². The highest BCUT2D eigenvalue weighted by Crippen LogP contribution is 2.26. The maximum Gasteiger partial charge on any atom is 0.255 e. The summed E-state index contributed by atoms with van der Waals surface area (Å²) in [4.78, 5) is 27.6. The van der Waals surface area contributed by atoms with Crippen molar-refractivity contribution in [2.45, 2.75) is 30.6 Å². The second-order valence-corrected chi connectivity index (χ2v) is 10.1. The van der Waals surface area contributed by atoms with Crippen LogP contribution < -0.4 is 5.32 Å². The third-order valence-corrected chi connectivity index (χ3v) is 7.89. The monoisotopic (exact) mass is 459 g/mol. The predicted octanol–water partition coefficient (Wildman–Crippen LogP) is 3.10. The van der Waals surface area contributed by atoms with Crippen molar-refractivity contribution >= 4 is 27.5 Å². The van der Waals surface area contributed by atoms with Crippen LogP contribution in [0, 0.1) is 11.7 Å². The number of carbonyl (C=O) groups is 2. The Labute approximate surface area is 187 Å². The van der Waals surface area contributed by atoms with Gasteiger partial charge < -0.3 is 10.2 Å². The van der Waals surface area contributed by atoms with Gasteiger partial charge in [0.1, 0.15) is 5.82 Å². The second kappa shape index (κ2) is 9.38. The molecule has 0 saturated carbocycles. The number of carbonyl (C=O) groups excluding carboxylic acids is 2. The lowest BCUT2D eigenvalue weighted by molar-refractivity contribution is -0.120. The third kappa shape index (κ3) is 4.68. The molecule has 32 heavy (non-hydrogen) atoms. The topological polar surface area (TPSA) is 86.8 Å². The number of hydrogen-bond acceptors (Lipinski definition) is 4. The minimum atomic E-state index is -3.82. The Hall–Kier alpha value is -2.78. The van der Waals surface area contributed by atoms with Gasteiger partial charge in [0, 0.05) is 26.2 Å². The van der Waals surface area contributed by atoms with Gasteiger partial charge >= 0.3 is 0 Å². The standard InChI is InChI=1S/C23H26FN3O4S/c24-18-9-11-19(12-10-18)32(30,31)27-15-5-6-17(16-27)22(28)25-21-8-2-1-7-20(21)23(29)26-13-3-4-14-26/h1-2,7-12,17H,3-6,13-16H2,(H,25,28)/t17-/m1/s1. The number of piperidine rings is 1. The summed E-state index contributed by atoms with van der Waals surface area (Å²) in [5.74, 6) is -1.48. The van der Waals surface area contributed by atoms with E-state index in [0.717, 1.165) is 25.0 Å². The molecular weight excluding hydrogens is 433 g/mol. The van der Waals surface area contributed by atoms with Crippen molar-refractivity contribution in [1.82, 2.24) is 9.21 Å². The quantitative estimate of drug-likeness (QED) is 0.745. The van der Waals surface area contributed by atoms with Gasteiger partial charge in [-0.3, -0.25) is 9.59 Å². The number of rotatable bonds is 5. The van der Waals surface area contributed by atoms with E-state index in [1.807, 2.05) is 0 Å². The lowest BCUT2D eigenvalue weighted by Gasteiger charge is -2.31. The van der Waals surface area contributed by atoms with E-state index in [4.69, 9.17) is 0 Å².